The third kappa shape index (κ3) is 10.9. The number of nitrogens with zero attached hydrogens (tertiary/aromatic N) is 5. The molecule has 7 atom stereocenters. The lowest BCUT2D eigenvalue weighted by Gasteiger charge is -2.22. The molecular weight excluding hydrogens is 979 g/mol. The van der Waals surface area contributed by atoms with Crippen molar-refractivity contribution in [3.05, 3.63) is 126 Å². The molecule has 8 bridgehead atoms. The SMILES string of the molecule is C=Cc1c(C)c2[nH]c1=CC1NC(=CC3=NC4C(=C3C)C(O)C(CC(=O)O)/C4=C3/N=C(C=2)C(C)C3CCOC=O)C(CC)=C1C.Nc1nc2ncc(CNc3ccc(C(=O)NC(CCC(=O)O)C(=O)O)cc3)nc2c(=O)[nH]1. The average Bonchev–Trinajstić information content (AvgIpc) is 4.12. The molecule has 4 aliphatic heterocycles. The van der Waals surface area contributed by atoms with Crippen molar-refractivity contribution in [2.45, 2.75) is 97.5 Å². The van der Waals surface area contributed by atoms with E-state index in [1.165, 1.54) is 29.5 Å². The number of hydrogen-bond acceptors (Lipinski definition) is 16. The summed E-state index contributed by atoms with van der Waals surface area (Å²) < 4.78 is 5.12. The lowest BCUT2D eigenvalue weighted by atomic mass is 9.83. The Morgan fingerprint density at radius 1 is 0.987 bits per heavy atom. The summed E-state index contributed by atoms with van der Waals surface area (Å²) in [5.41, 5.74) is 16.7. The predicted octanol–water partition coefficient (Wildman–Crippen LogP) is 3.21. The van der Waals surface area contributed by atoms with E-state index >= 15 is 0 Å². The van der Waals surface area contributed by atoms with Crippen LogP contribution in [0.3, 0.4) is 0 Å². The van der Waals surface area contributed by atoms with Gasteiger partial charge in [-0.05, 0) is 116 Å². The number of aliphatic carboxylic acids is 3. The van der Waals surface area contributed by atoms with Gasteiger partial charge in [-0.1, -0.05) is 26.5 Å². The predicted molar refractivity (Wildman–Crippen MR) is 283 cm³/mol. The highest BCUT2D eigenvalue weighted by Gasteiger charge is 2.50. The summed E-state index contributed by atoms with van der Waals surface area (Å²) in [7, 11) is 0. The van der Waals surface area contributed by atoms with Crippen molar-refractivity contribution in [3.63, 3.8) is 0 Å². The number of H-pyrrole nitrogens is 2. The number of aliphatic hydroxyl groups is 1. The fourth-order valence-electron chi connectivity index (χ4n) is 10.5. The van der Waals surface area contributed by atoms with Crippen LogP contribution in [0.15, 0.2) is 97.2 Å². The van der Waals surface area contributed by atoms with E-state index < -0.39 is 53.5 Å². The Morgan fingerprint density at radius 3 is 2.41 bits per heavy atom. The molecule has 4 aromatic rings. The van der Waals surface area contributed by atoms with E-state index in [-0.39, 0.29) is 73.0 Å². The number of ether oxygens (including phenoxy) is 1. The normalized spacial score (nSPS) is 22.5. The molecule has 22 nitrogen and oxygen atoms in total. The zero-order chi connectivity index (χ0) is 54.7. The van der Waals surface area contributed by atoms with Gasteiger partial charge in [-0.25, -0.2) is 14.8 Å². The molecule has 1 aliphatic carbocycles. The van der Waals surface area contributed by atoms with Gasteiger partial charge in [0.15, 0.2) is 11.2 Å². The van der Waals surface area contributed by atoms with Gasteiger partial charge in [-0.3, -0.25) is 38.9 Å². The highest BCUT2D eigenvalue weighted by molar-refractivity contribution is 6.14. The first-order valence-corrected chi connectivity index (χ1v) is 24.7. The second kappa shape index (κ2) is 22.4. The van der Waals surface area contributed by atoms with Crippen LogP contribution in [0, 0.1) is 24.7 Å². The molecule has 0 spiro atoms. The van der Waals surface area contributed by atoms with E-state index in [1.807, 2.05) is 13.0 Å². The molecule has 1 saturated carbocycles. The Bertz CT molecular complexity index is 3460. The molecule has 0 saturated heterocycles. The second-order valence-electron chi connectivity index (χ2n) is 19.1. The Kier molecular flexibility index (Phi) is 15.7. The minimum absolute atomic E-state index is 0.0271. The maximum atomic E-state index is 12.3. The first-order valence-electron chi connectivity index (χ1n) is 24.7. The summed E-state index contributed by atoms with van der Waals surface area (Å²) in [5.74, 6) is -5.01. The van der Waals surface area contributed by atoms with Gasteiger partial charge in [-0.2, -0.15) is 4.98 Å². The van der Waals surface area contributed by atoms with Crippen LogP contribution in [0.25, 0.3) is 29.4 Å². The lowest BCUT2D eigenvalue weighted by Crippen LogP contribution is -2.41. The number of nitrogens with two attached hydrogens (primary N) is 1. The van der Waals surface area contributed by atoms with Crippen LogP contribution in [0.2, 0.25) is 0 Å². The fourth-order valence-corrected chi connectivity index (χ4v) is 10.5. The van der Waals surface area contributed by atoms with Crippen molar-refractivity contribution < 1.29 is 49.1 Å². The lowest BCUT2D eigenvalue weighted by molar-refractivity contribution is -0.141. The number of aliphatic imine (C=N–C) groups is 2. The van der Waals surface area contributed by atoms with Crippen molar-refractivity contribution in [1.82, 2.24) is 35.6 Å². The summed E-state index contributed by atoms with van der Waals surface area (Å²) in [6, 6.07) is 4.33. The first kappa shape index (κ1) is 53.5. The number of aromatic nitrogens is 5. The molecule has 22 heteroatoms. The third-order valence-electron chi connectivity index (χ3n) is 14.5. The summed E-state index contributed by atoms with van der Waals surface area (Å²) in [6.45, 7) is 15.4. The molecule has 396 valence electrons. The molecule has 1 fully saturated rings. The number of aromatic amines is 2. The van der Waals surface area contributed by atoms with Gasteiger partial charge in [-0.15, -0.1) is 0 Å². The molecule has 7 unspecified atom stereocenters. The Hall–Kier alpha value is -8.79. The summed E-state index contributed by atoms with van der Waals surface area (Å²) in [6.07, 6.45) is 9.18. The van der Waals surface area contributed by atoms with Gasteiger partial charge in [0.25, 0.3) is 17.9 Å². The van der Waals surface area contributed by atoms with Gasteiger partial charge in [0, 0.05) is 68.8 Å². The third-order valence-corrected chi connectivity index (χ3v) is 14.5. The summed E-state index contributed by atoms with van der Waals surface area (Å²) >= 11 is 0. The Labute approximate surface area is 434 Å². The molecule has 3 aromatic heterocycles. The number of benzene rings is 1. The molecular formula is C54H59N11O11. The van der Waals surface area contributed by atoms with Crippen molar-refractivity contribution in [2.75, 3.05) is 17.7 Å². The number of rotatable bonds is 17. The van der Waals surface area contributed by atoms with Crippen molar-refractivity contribution in [3.8, 4) is 0 Å². The van der Waals surface area contributed by atoms with Crippen LogP contribution >= 0.6 is 0 Å². The molecule has 1 amide bonds. The molecule has 0 radical (unpaired) electrons. The summed E-state index contributed by atoms with van der Waals surface area (Å²) in [5, 5.41) is 50.4. The number of amides is 1. The zero-order valence-electron chi connectivity index (χ0n) is 42.4. The molecule has 76 heavy (non-hydrogen) atoms. The molecule has 11 N–H and O–H groups in total. The Balaban J connectivity index is 0.000000212. The number of nitrogen functional groups attached to an aromatic ring is 1. The number of carbonyl (C=O) groups excluding carboxylic acids is 2. The van der Waals surface area contributed by atoms with E-state index in [9.17, 15) is 39.0 Å². The first-order chi connectivity index (χ1) is 36.3. The molecule has 5 aliphatic rings. The molecule has 9 rings (SSSR count). The largest absolute Gasteiger partial charge is 0.481 e. The van der Waals surface area contributed by atoms with Gasteiger partial charge < -0.3 is 51.8 Å². The van der Waals surface area contributed by atoms with Gasteiger partial charge in [0.05, 0.1) is 55.4 Å². The monoisotopic (exact) mass is 1040 g/mol. The maximum absolute atomic E-state index is 12.3. The number of nitrogens with one attached hydrogen (secondary N) is 5. The number of allylic oxidation sites excluding steroid dienone is 4. The van der Waals surface area contributed by atoms with Crippen molar-refractivity contribution in [1.29, 1.82) is 0 Å². The number of carboxylic acid groups (broad SMARTS) is 3. The quantitative estimate of drug-likeness (QED) is 0.0536. The highest BCUT2D eigenvalue weighted by atomic mass is 16.5. The summed E-state index contributed by atoms with van der Waals surface area (Å²) in [4.78, 5) is 97.7. The van der Waals surface area contributed by atoms with E-state index in [1.54, 1.807) is 12.1 Å². The number of fused-ring (bicyclic) bond motifs is 6. The number of anilines is 2. The molecule has 7 heterocycles. The number of aliphatic hydroxyl groups excluding tert-OH is 1. The van der Waals surface area contributed by atoms with E-state index in [0.29, 0.717) is 24.3 Å². The minimum Gasteiger partial charge on any atom is -0.481 e. The van der Waals surface area contributed by atoms with Crippen LogP contribution in [-0.4, -0.2) is 118 Å². The van der Waals surface area contributed by atoms with Crippen LogP contribution in [0.5, 0.6) is 0 Å². The zero-order valence-corrected chi connectivity index (χ0v) is 42.4. The van der Waals surface area contributed by atoms with Crippen molar-refractivity contribution >= 4 is 82.7 Å². The van der Waals surface area contributed by atoms with Crippen LogP contribution in [0.1, 0.15) is 87.0 Å². The van der Waals surface area contributed by atoms with E-state index in [4.69, 9.17) is 30.7 Å². The highest BCUT2D eigenvalue weighted by Crippen LogP contribution is 2.50. The van der Waals surface area contributed by atoms with Gasteiger partial charge in [0.1, 0.15) is 6.04 Å². The van der Waals surface area contributed by atoms with E-state index in [0.717, 1.165) is 67.8 Å². The average molecular weight is 1040 g/mol. The number of carboxylic acids is 3. The van der Waals surface area contributed by atoms with Gasteiger partial charge in [0.2, 0.25) is 5.95 Å². The smallest absolute Gasteiger partial charge is 0.326 e. The Morgan fingerprint density at radius 2 is 1.74 bits per heavy atom. The minimum atomic E-state index is -1.31. The number of carbonyl (C=O) groups is 5. The van der Waals surface area contributed by atoms with Crippen LogP contribution in [0.4, 0.5) is 11.6 Å². The van der Waals surface area contributed by atoms with E-state index in [2.05, 4.69) is 93.4 Å². The standard InChI is InChI=1S/C35H40N4O5.C19H19N7O6/c1-7-20-16(3)24-12-26-18(5)22(9-10-44-15-40)33(38-26)32-23(11-30(41)42)35(43)31-19(6)27(39-34(31)32)14-29-21(8-2)17(4)25(37-29)13-28(20)36-24;20-19-25-15-14(17(30)26-19)23-11(8-22-15)7-21-10-3-1-9(2-4-10)16(29)24-12(18(31)32)5-6-13(27)28/h7,12-15,18,22-23,25,34-37,43H,1,8-11H2,2-6H3,(H,41,42);1-4,8,12,21H,5-7H2,(H,24,29)(H,27,28)(H,31,32)(H3,20,22,25,26,30)/b24-12?,28-13?,29-14?,33-32-;. The maximum Gasteiger partial charge on any atom is 0.326 e. The van der Waals surface area contributed by atoms with Gasteiger partial charge >= 0.3 is 17.9 Å². The topological polar surface area (TPSA) is 350 Å². The van der Waals surface area contributed by atoms with Crippen LogP contribution in [-0.2, 0) is 30.5 Å². The van der Waals surface area contributed by atoms with Crippen LogP contribution < -0.4 is 37.9 Å². The molecule has 1 aromatic carbocycles. The number of hydrogen-bond donors (Lipinski definition) is 10. The fraction of sp³-hybridized carbons (Fsp3) is 0.352. The second-order valence-corrected chi connectivity index (χ2v) is 19.1. The van der Waals surface area contributed by atoms with Crippen molar-refractivity contribution in [2.24, 2.45) is 27.7 Å².